The van der Waals surface area contributed by atoms with Crippen LogP contribution in [-0.4, -0.2) is 27.5 Å². The molecule has 0 aliphatic rings. The van der Waals surface area contributed by atoms with E-state index in [1.165, 1.54) is 12.1 Å². The summed E-state index contributed by atoms with van der Waals surface area (Å²) < 4.78 is 13.0. The molecule has 0 saturated heterocycles. The van der Waals surface area contributed by atoms with E-state index in [0.717, 1.165) is 34.7 Å². The number of aromatic amines is 1. The number of benzene rings is 3. The topological polar surface area (TPSA) is 130 Å². The van der Waals surface area contributed by atoms with Crippen LogP contribution >= 0.6 is 11.8 Å². The molecule has 0 bridgehead atoms. The molecule has 1 heterocycles. The Labute approximate surface area is 191 Å². The number of carbonyl (C=O) groups is 2. The fourth-order valence-corrected chi connectivity index (χ4v) is 3.77. The first-order valence-electron chi connectivity index (χ1n) is 9.78. The average Bonchev–Trinajstić information content (AvgIpc) is 2.80. The molecule has 0 saturated carbocycles. The summed E-state index contributed by atoms with van der Waals surface area (Å²) in [6.45, 7) is 0. The second-order valence-electron chi connectivity index (χ2n) is 6.96. The summed E-state index contributed by atoms with van der Waals surface area (Å²) in [5.41, 5.74) is 5.78. The summed E-state index contributed by atoms with van der Waals surface area (Å²) in [5.74, 6) is -1.63. The van der Waals surface area contributed by atoms with Gasteiger partial charge in [-0.1, -0.05) is 48.2 Å². The van der Waals surface area contributed by atoms with Crippen LogP contribution in [0.25, 0.3) is 10.8 Å². The van der Waals surface area contributed by atoms with Gasteiger partial charge in [0.1, 0.15) is 11.5 Å². The highest BCUT2D eigenvalue weighted by molar-refractivity contribution is 7.99. The first kappa shape index (κ1) is 22.0. The Kier molecular flexibility index (Phi) is 6.36. The minimum absolute atomic E-state index is 0.0209. The number of anilines is 3. The number of aromatic nitrogens is 2. The Bertz CT molecular complexity index is 1400. The number of fused-ring (bicyclic) bond motifs is 1. The molecule has 2 amide bonds. The summed E-state index contributed by atoms with van der Waals surface area (Å²) in [6.07, 6.45) is 0. The molecule has 3 aromatic carbocycles. The standard InChI is InChI=1S/C23H18FN5O3S/c24-15-10-8-14(9-11-15)21(31)27-19-20(25)28-23(29-22(19)32)33-12-18(30)26-17-7-3-5-13-4-1-2-6-16(13)17/h1-11H,12H2,(H,26,30)(H,27,31)(H3,25,28,29,32). The zero-order chi connectivity index (χ0) is 23.4. The van der Waals surface area contributed by atoms with Crippen LogP contribution in [0.1, 0.15) is 10.4 Å². The van der Waals surface area contributed by atoms with Crippen LogP contribution in [0, 0.1) is 5.82 Å². The second-order valence-corrected chi connectivity index (χ2v) is 7.92. The van der Waals surface area contributed by atoms with Gasteiger partial charge in [0.05, 0.1) is 5.75 Å². The van der Waals surface area contributed by atoms with Gasteiger partial charge in [0.15, 0.2) is 11.0 Å². The van der Waals surface area contributed by atoms with Crippen LogP contribution in [-0.2, 0) is 4.79 Å². The van der Waals surface area contributed by atoms with Crippen molar-refractivity contribution >= 4 is 51.5 Å². The fraction of sp³-hybridized carbons (Fsp3) is 0.0435. The van der Waals surface area contributed by atoms with Gasteiger partial charge in [0.25, 0.3) is 11.5 Å². The van der Waals surface area contributed by atoms with Crippen molar-refractivity contribution in [3.8, 4) is 0 Å². The van der Waals surface area contributed by atoms with Crippen molar-refractivity contribution in [2.45, 2.75) is 5.16 Å². The lowest BCUT2D eigenvalue weighted by Crippen LogP contribution is -2.23. The number of H-pyrrole nitrogens is 1. The first-order chi connectivity index (χ1) is 15.9. The number of nitrogens with one attached hydrogen (secondary N) is 3. The third kappa shape index (κ3) is 5.18. The van der Waals surface area contributed by atoms with Crippen LogP contribution < -0.4 is 21.9 Å². The third-order valence-electron chi connectivity index (χ3n) is 4.67. The summed E-state index contributed by atoms with van der Waals surface area (Å²) in [5, 5.41) is 7.27. The number of thioether (sulfide) groups is 1. The van der Waals surface area contributed by atoms with Crippen LogP contribution in [0.3, 0.4) is 0 Å². The highest BCUT2D eigenvalue weighted by Gasteiger charge is 2.15. The average molecular weight is 463 g/mol. The summed E-state index contributed by atoms with van der Waals surface area (Å²) in [6, 6.07) is 18.1. The van der Waals surface area contributed by atoms with E-state index in [-0.39, 0.29) is 33.9 Å². The monoisotopic (exact) mass is 463 g/mol. The van der Waals surface area contributed by atoms with E-state index in [9.17, 15) is 18.8 Å². The number of nitrogens with two attached hydrogens (primary N) is 1. The molecule has 33 heavy (non-hydrogen) atoms. The van der Waals surface area contributed by atoms with Crippen molar-refractivity contribution in [2.24, 2.45) is 0 Å². The quantitative estimate of drug-likeness (QED) is 0.255. The van der Waals surface area contributed by atoms with E-state index >= 15 is 0 Å². The maximum Gasteiger partial charge on any atom is 0.277 e. The zero-order valence-corrected chi connectivity index (χ0v) is 17.9. The fourth-order valence-electron chi connectivity index (χ4n) is 3.10. The molecule has 8 nitrogen and oxygen atoms in total. The Morgan fingerprint density at radius 3 is 2.48 bits per heavy atom. The Balaban J connectivity index is 1.41. The molecule has 0 spiro atoms. The molecule has 0 unspecified atom stereocenters. The molecule has 4 aromatic rings. The zero-order valence-electron chi connectivity index (χ0n) is 17.1. The summed E-state index contributed by atoms with van der Waals surface area (Å²) >= 11 is 0.994. The Morgan fingerprint density at radius 2 is 1.73 bits per heavy atom. The molecule has 0 aliphatic heterocycles. The minimum atomic E-state index is -0.671. The smallest absolute Gasteiger partial charge is 0.277 e. The molecule has 0 aliphatic carbocycles. The van der Waals surface area contributed by atoms with E-state index in [2.05, 4.69) is 20.6 Å². The van der Waals surface area contributed by atoms with E-state index in [1.807, 2.05) is 42.5 Å². The lowest BCUT2D eigenvalue weighted by Gasteiger charge is -2.10. The number of hydrogen-bond acceptors (Lipinski definition) is 6. The molecule has 0 atom stereocenters. The molecule has 10 heteroatoms. The lowest BCUT2D eigenvalue weighted by atomic mass is 10.1. The number of carbonyl (C=O) groups excluding carboxylic acids is 2. The van der Waals surface area contributed by atoms with Crippen molar-refractivity contribution in [3.05, 3.63) is 88.5 Å². The van der Waals surface area contributed by atoms with Crippen molar-refractivity contribution in [3.63, 3.8) is 0 Å². The van der Waals surface area contributed by atoms with Gasteiger partial charge in [-0.15, -0.1) is 0 Å². The van der Waals surface area contributed by atoms with E-state index in [0.29, 0.717) is 5.69 Å². The van der Waals surface area contributed by atoms with Crippen LogP contribution in [0.4, 0.5) is 21.6 Å². The van der Waals surface area contributed by atoms with Gasteiger partial charge in [0.2, 0.25) is 5.91 Å². The Hall–Kier alpha value is -4.18. The van der Waals surface area contributed by atoms with Crippen LogP contribution in [0.5, 0.6) is 0 Å². The molecular formula is C23H18FN5O3S. The van der Waals surface area contributed by atoms with Crippen molar-refractivity contribution in [1.29, 1.82) is 0 Å². The van der Waals surface area contributed by atoms with E-state index < -0.39 is 17.3 Å². The first-order valence-corrected chi connectivity index (χ1v) is 10.8. The van der Waals surface area contributed by atoms with Crippen LogP contribution in [0.15, 0.2) is 76.7 Å². The number of hydrogen-bond donors (Lipinski definition) is 4. The number of nitrogen functional groups attached to an aromatic ring is 1. The highest BCUT2D eigenvalue weighted by Crippen LogP contribution is 2.24. The normalized spacial score (nSPS) is 10.7. The summed E-state index contributed by atoms with van der Waals surface area (Å²) in [4.78, 5) is 43.6. The SMILES string of the molecule is Nc1nc(SCC(=O)Nc2cccc3ccccc23)[nH]c(=O)c1NC(=O)c1ccc(F)cc1. The predicted octanol–water partition coefficient (Wildman–Crippen LogP) is 3.63. The molecule has 0 fully saturated rings. The second kappa shape index (κ2) is 9.53. The van der Waals surface area contributed by atoms with Gasteiger partial charge in [-0.3, -0.25) is 19.4 Å². The molecular weight excluding hydrogens is 445 g/mol. The van der Waals surface area contributed by atoms with E-state index in [4.69, 9.17) is 5.73 Å². The van der Waals surface area contributed by atoms with Crippen molar-refractivity contribution < 1.29 is 14.0 Å². The Morgan fingerprint density at radius 1 is 1.00 bits per heavy atom. The molecule has 0 radical (unpaired) electrons. The van der Waals surface area contributed by atoms with Crippen molar-refractivity contribution in [2.75, 3.05) is 22.1 Å². The third-order valence-corrected chi connectivity index (χ3v) is 5.55. The maximum atomic E-state index is 13.0. The number of halogens is 1. The largest absolute Gasteiger partial charge is 0.382 e. The number of rotatable bonds is 6. The highest BCUT2D eigenvalue weighted by atomic mass is 32.2. The van der Waals surface area contributed by atoms with Gasteiger partial charge in [-0.25, -0.2) is 9.37 Å². The molecule has 4 rings (SSSR count). The van der Waals surface area contributed by atoms with Gasteiger partial charge >= 0.3 is 0 Å². The van der Waals surface area contributed by atoms with Gasteiger partial charge < -0.3 is 16.4 Å². The van der Waals surface area contributed by atoms with Gasteiger partial charge in [-0.2, -0.15) is 0 Å². The van der Waals surface area contributed by atoms with Gasteiger partial charge in [0, 0.05) is 16.6 Å². The molecule has 1 aromatic heterocycles. The number of amides is 2. The van der Waals surface area contributed by atoms with Crippen LogP contribution in [0.2, 0.25) is 0 Å². The minimum Gasteiger partial charge on any atom is -0.382 e. The maximum absolute atomic E-state index is 13.0. The number of nitrogens with zero attached hydrogens (tertiary/aromatic N) is 1. The predicted molar refractivity (Wildman–Crippen MR) is 127 cm³/mol. The molecule has 166 valence electrons. The van der Waals surface area contributed by atoms with E-state index in [1.54, 1.807) is 0 Å². The molecule has 5 N–H and O–H groups in total. The lowest BCUT2D eigenvalue weighted by molar-refractivity contribution is -0.113. The summed E-state index contributed by atoms with van der Waals surface area (Å²) in [7, 11) is 0. The van der Waals surface area contributed by atoms with Gasteiger partial charge in [-0.05, 0) is 35.7 Å². The van der Waals surface area contributed by atoms with Crippen molar-refractivity contribution in [1.82, 2.24) is 9.97 Å².